The summed E-state index contributed by atoms with van der Waals surface area (Å²) in [6.45, 7) is 2.07. The van der Waals surface area contributed by atoms with E-state index in [-0.39, 0.29) is 5.97 Å². The maximum Gasteiger partial charge on any atom is 0.346 e. The molecular formula is C10H15NO4S2. The molecule has 0 amide bonds. The summed E-state index contributed by atoms with van der Waals surface area (Å²) >= 11 is 1.33. The van der Waals surface area contributed by atoms with Gasteiger partial charge in [-0.15, -0.1) is 0 Å². The zero-order chi connectivity index (χ0) is 12.7. The summed E-state index contributed by atoms with van der Waals surface area (Å²) in [7, 11) is -3.12. The summed E-state index contributed by atoms with van der Waals surface area (Å²) < 4.78 is 28.3. The molecule has 1 aliphatic heterocycles. The molecule has 5 nitrogen and oxygen atoms in total. The Balaban J connectivity index is 2.15. The van der Waals surface area contributed by atoms with E-state index < -0.39 is 14.7 Å². The molecule has 2 rings (SSSR count). The van der Waals surface area contributed by atoms with Crippen LogP contribution in [0.25, 0.3) is 0 Å². The van der Waals surface area contributed by atoms with Crippen molar-refractivity contribution in [3.63, 3.8) is 0 Å². The number of carbonyl (C=O) groups is 1. The summed E-state index contributed by atoms with van der Waals surface area (Å²) in [5.74, 6) is 0.130. The van der Waals surface area contributed by atoms with Crippen molar-refractivity contribution in [3.05, 3.63) is 11.1 Å². The Morgan fingerprint density at radius 2 is 2.24 bits per heavy atom. The lowest BCUT2D eigenvalue weighted by atomic mass is 10.5. The lowest BCUT2D eigenvalue weighted by Crippen LogP contribution is -2.37. The zero-order valence-electron chi connectivity index (χ0n) is 9.80. The van der Waals surface area contributed by atoms with Gasteiger partial charge in [-0.25, -0.2) is 13.2 Å². The molecule has 7 heteroatoms. The number of esters is 1. The van der Waals surface area contributed by atoms with Gasteiger partial charge in [0.05, 0.1) is 12.5 Å². The normalized spacial score (nSPS) is 22.2. The number of thioether (sulfide) groups is 1. The molecule has 0 unspecified atom stereocenters. The minimum atomic E-state index is -3.12. The molecule has 0 aromatic rings. The Morgan fingerprint density at radius 3 is 2.71 bits per heavy atom. The molecule has 0 N–H and O–H groups in total. The number of nitrogens with zero attached hydrogens (tertiary/aromatic N) is 1. The van der Waals surface area contributed by atoms with Gasteiger partial charge in [-0.2, -0.15) is 0 Å². The van der Waals surface area contributed by atoms with Crippen molar-refractivity contribution < 1.29 is 17.9 Å². The number of carbonyl (C=O) groups excluding carboxylic acids is 1. The van der Waals surface area contributed by atoms with Gasteiger partial charge in [0.25, 0.3) is 0 Å². The van der Waals surface area contributed by atoms with Crippen LogP contribution in [0.1, 0.15) is 19.8 Å². The predicted molar refractivity (Wildman–Crippen MR) is 65.8 cm³/mol. The van der Waals surface area contributed by atoms with Crippen molar-refractivity contribution in [1.82, 2.24) is 4.90 Å². The van der Waals surface area contributed by atoms with Crippen LogP contribution in [0.4, 0.5) is 0 Å². The van der Waals surface area contributed by atoms with Gasteiger partial charge in [0.1, 0.15) is 9.78 Å². The Bertz CT molecular complexity index is 465. The van der Waals surface area contributed by atoms with E-state index >= 15 is 0 Å². The van der Waals surface area contributed by atoms with Crippen LogP contribution in [0.15, 0.2) is 11.1 Å². The molecule has 0 atom stereocenters. The fourth-order valence-corrected chi connectivity index (χ4v) is 4.33. The first-order chi connectivity index (χ1) is 7.90. The van der Waals surface area contributed by atoms with Gasteiger partial charge >= 0.3 is 5.97 Å². The van der Waals surface area contributed by atoms with Gasteiger partial charge in [0.2, 0.25) is 0 Å². The van der Waals surface area contributed by atoms with Gasteiger partial charge in [-0.1, -0.05) is 11.8 Å². The molecule has 0 aromatic heterocycles. The second-order valence-corrected chi connectivity index (χ2v) is 7.47. The average Bonchev–Trinajstić information content (AvgIpc) is 2.91. The highest BCUT2D eigenvalue weighted by molar-refractivity contribution is 8.04. The van der Waals surface area contributed by atoms with Crippen molar-refractivity contribution in [2.45, 2.75) is 24.6 Å². The smallest absolute Gasteiger partial charge is 0.346 e. The lowest BCUT2D eigenvalue weighted by molar-refractivity contribution is -0.137. The van der Waals surface area contributed by atoms with E-state index in [9.17, 15) is 13.2 Å². The van der Waals surface area contributed by atoms with Crippen molar-refractivity contribution in [2.24, 2.45) is 0 Å². The fraction of sp³-hybridized carbons (Fsp3) is 0.700. The Morgan fingerprint density at radius 1 is 1.59 bits per heavy atom. The molecule has 2 aliphatic rings. The summed E-state index contributed by atoms with van der Waals surface area (Å²) in [5.41, 5.74) is 0. The summed E-state index contributed by atoms with van der Waals surface area (Å²) in [6.07, 6.45) is 4.15. The number of hydrogen-bond donors (Lipinski definition) is 0. The first-order valence-electron chi connectivity index (χ1n) is 5.39. The van der Waals surface area contributed by atoms with Crippen LogP contribution >= 0.6 is 11.8 Å². The minimum absolute atomic E-state index is 0.327. The molecule has 1 heterocycles. The number of hydrogen-bond acceptors (Lipinski definition) is 6. The van der Waals surface area contributed by atoms with Gasteiger partial charge in [0, 0.05) is 12.5 Å². The summed E-state index contributed by atoms with van der Waals surface area (Å²) in [5, 5.41) is 0. The molecule has 96 valence electrons. The molecule has 17 heavy (non-hydrogen) atoms. The molecule has 0 aromatic carbocycles. The first-order valence-corrected chi connectivity index (χ1v) is 8.26. The third-order valence-electron chi connectivity index (χ3n) is 3.00. The summed E-state index contributed by atoms with van der Waals surface area (Å²) in [4.78, 5) is 13.0. The first kappa shape index (κ1) is 12.8. The molecule has 1 saturated carbocycles. The summed E-state index contributed by atoms with van der Waals surface area (Å²) in [6, 6.07) is 0. The molecule has 0 spiro atoms. The van der Waals surface area contributed by atoms with Gasteiger partial charge in [-0.3, -0.25) is 0 Å². The van der Waals surface area contributed by atoms with E-state index in [2.05, 4.69) is 0 Å². The molecule has 0 radical (unpaired) electrons. The van der Waals surface area contributed by atoms with E-state index in [0.717, 1.165) is 0 Å². The van der Waals surface area contributed by atoms with E-state index in [0.29, 0.717) is 30.2 Å². The van der Waals surface area contributed by atoms with Crippen LogP contribution in [-0.2, 0) is 19.4 Å². The Hall–Kier alpha value is -0.690. The Kier molecular flexibility index (Phi) is 3.15. The highest BCUT2D eigenvalue weighted by Gasteiger charge is 2.57. The molecule has 0 bridgehead atoms. The third kappa shape index (κ3) is 2.18. The van der Waals surface area contributed by atoms with E-state index in [1.807, 2.05) is 0 Å². The van der Waals surface area contributed by atoms with Crippen molar-refractivity contribution in [2.75, 3.05) is 18.7 Å². The predicted octanol–water partition coefficient (Wildman–Crippen LogP) is 0.932. The quantitative estimate of drug-likeness (QED) is 0.712. The van der Waals surface area contributed by atoms with E-state index in [1.54, 1.807) is 18.0 Å². The maximum absolute atomic E-state index is 11.7. The van der Waals surface area contributed by atoms with Crippen molar-refractivity contribution >= 4 is 27.6 Å². The maximum atomic E-state index is 11.7. The second-order valence-electron chi connectivity index (χ2n) is 4.18. The van der Waals surface area contributed by atoms with Crippen LogP contribution in [0.2, 0.25) is 0 Å². The fourth-order valence-electron chi connectivity index (χ4n) is 1.88. The highest BCUT2D eigenvalue weighted by Crippen LogP contribution is 2.49. The lowest BCUT2D eigenvalue weighted by Gasteiger charge is -2.24. The highest BCUT2D eigenvalue weighted by atomic mass is 32.2. The molecule has 1 fully saturated rings. The minimum Gasteiger partial charge on any atom is -0.462 e. The van der Waals surface area contributed by atoms with Crippen LogP contribution in [0, 0.1) is 0 Å². The molecular weight excluding hydrogens is 262 g/mol. The SMILES string of the molecule is CCOC(=O)C1=CN(C2(S(C)(=O)=O)CC2)CS1. The van der Waals surface area contributed by atoms with Crippen LogP contribution in [-0.4, -0.2) is 42.9 Å². The number of sulfone groups is 1. The van der Waals surface area contributed by atoms with Gasteiger partial charge in [-0.05, 0) is 19.8 Å². The van der Waals surface area contributed by atoms with Crippen LogP contribution < -0.4 is 0 Å². The van der Waals surface area contributed by atoms with E-state index in [1.165, 1.54) is 18.0 Å². The average molecular weight is 277 g/mol. The number of rotatable bonds is 4. The Labute approximate surface area is 105 Å². The van der Waals surface area contributed by atoms with Crippen LogP contribution in [0.3, 0.4) is 0 Å². The van der Waals surface area contributed by atoms with E-state index in [4.69, 9.17) is 4.74 Å². The monoisotopic (exact) mass is 277 g/mol. The van der Waals surface area contributed by atoms with Gasteiger partial charge in [0.15, 0.2) is 9.84 Å². The standard InChI is InChI=1S/C10H15NO4S2/c1-3-15-9(12)8-6-11(7-16-8)10(4-5-10)17(2,13)14/h6H,3-5,7H2,1-2H3. The van der Waals surface area contributed by atoms with Crippen LogP contribution in [0.5, 0.6) is 0 Å². The van der Waals surface area contributed by atoms with Crippen molar-refractivity contribution in [3.8, 4) is 0 Å². The largest absolute Gasteiger partial charge is 0.462 e. The third-order valence-corrected chi connectivity index (χ3v) is 6.01. The van der Waals surface area contributed by atoms with Crippen molar-refractivity contribution in [1.29, 1.82) is 0 Å². The number of ether oxygens (including phenoxy) is 1. The topological polar surface area (TPSA) is 63.7 Å². The second kappa shape index (κ2) is 4.20. The van der Waals surface area contributed by atoms with Gasteiger partial charge < -0.3 is 9.64 Å². The molecule has 1 aliphatic carbocycles. The molecule has 0 saturated heterocycles. The zero-order valence-corrected chi connectivity index (χ0v) is 11.4.